The lowest BCUT2D eigenvalue weighted by Crippen LogP contribution is -2.34. The van der Waals surface area contributed by atoms with Crippen molar-refractivity contribution in [1.29, 1.82) is 0 Å². The van der Waals surface area contributed by atoms with Gasteiger partial charge in [-0.3, -0.25) is 4.79 Å². The minimum atomic E-state index is -0.807. The van der Waals surface area contributed by atoms with Gasteiger partial charge in [-0.05, 0) is 26.8 Å². The van der Waals surface area contributed by atoms with Gasteiger partial charge in [-0.25, -0.2) is 9.97 Å². The van der Waals surface area contributed by atoms with Crippen molar-refractivity contribution < 1.29 is 9.90 Å². The van der Waals surface area contributed by atoms with Gasteiger partial charge in [-0.2, -0.15) is 0 Å². The van der Waals surface area contributed by atoms with Crippen LogP contribution in [-0.2, 0) is 4.79 Å². The zero-order valence-corrected chi connectivity index (χ0v) is 9.84. The number of aromatic nitrogens is 2. The summed E-state index contributed by atoms with van der Waals surface area (Å²) in [6.07, 6.45) is 1.78. The van der Waals surface area contributed by atoms with Gasteiger partial charge in [0.2, 0.25) is 5.95 Å². The van der Waals surface area contributed by atoms with Gasteiger partial charge >= 0.3 is 5.97 Å². The fourth-order valence-electron chi connectivity index (χ4n) is 1.38. The molecule has 0 unspecified atom stereocenters. The highest BCUT2D eigenvalue weighted by atomic mass is 16.4. The van der Waals surface area contributed by atoms with E-state index in [2.05, 4.69) is 9.97 Å². The van der Waals surface area contributed by atoms with Gasteiger partial charge in [-0.15, -0.1) is 0 Å². The lowest BCUT2D eigenvalue weighted by molar-refractivity contribution is -0.136. The molecule has 1 rings (SSSR count). The topological polar surface area (TPSA) is 66.3 Å². The Bertz CT molecular complexity index is 366. The van der Waals surface area contributed by atoms with Gasteiger partial charge in [-0.1, -0.05) is 0 Å². The summed E-state index contributed by atoms with van der Waals surface area (Å²) in [4.78, 5) is 20.9. The van der Waals surface area contributed by atoms with E-state index in [4.69, 9.17) is 5.11 Å². The van der Waals surface area contributed by atoms with E-state index in [0.29, 0.717) is 12.5 Å². The molecular formula is C11H17N3O2. The van der Waals surface area contributed by atoms with E-state index >= 15 is 0 Å². The van der Waals surface area contributed by atoms with Crippen LogP contribution in [0.4, 0.5) is 5.95 Å². The maximum Gasteiger partial charge on any atom is 0.305 e. The van der Waals surface area contributed by atoms with Gasteiger partial charge in [0.05, 0.1) is 6.42 Å². The molecule has 0 saturated carbocycles. The average molecular weight is 223 g/mol. The molecule has 1 aromatic rings. The van der Waals surface area contributed by atoms with E-state index < -0.39 is 5.97 Å². The molecule has 1 N–H and O–H groups in total. The predicted octanol–water partition coefficient (Wildman–Crippen LogP) is 1.47. The highest BCUT2D eigenvalue weighted by molar-refractivity contribution is 5.67. The zero-order chi connectivity index (χ0) is 12.1. The molecule has 0 radical (unpaired) electrons. The number of hydrogen-bond donors (Lipinski definition) is 1. The number of aliphatic carboxylic acids is 1. The third kappa shape index (κ3) is 3.49. The molecular weight excluding hydrogens is 206 g/mol. The van der Waals surface area contributed by atoms with E-state index in [-0.39, 0.29) is 12.5 Å². The van der Waals surface area contributed by atoms with Crippen molar-refractivity contribution in [2.75, 3.05) is 11.4 Å². The summed E-state index contributed by atoms with van der Waals surface area (Å²) in [5.74, 6) is -0.213. The van der Waals surface area contributed by atoms with Crippen LogP contribution in [0, 0.1) is 6.92 Å². The highest BCUT2D eigenvalue weighted by Crippen LogP contribution is 2.11. The van der Waals surface area contributed by atoms with Crippen LogP contribution in [0.1, 0.15) is 26.0 Å². The van der Waals surface area contributed by atoms with Crippen molar-refractivity contribution in [1.82, 2.24) is 9.97 Å². The SMILES string of the molecule is Cc1ccnc(N(CCC(=O)O)C(C)C)n1. The minimum absolute atomic E-state index is 0.0927. The minimum Gasteiger partial charge on any atom is -0.481 e. The first-order chi connectivity index (χ1) is 7.50. The summed E-state index contributed by atoms with van der Waals surface area (Å²) in [6, 6.07) is 2.00. The molecule has 0 fully saturated rings. The van der Waals surface area contributed by atoms with E-state index in [1.165, 1.54) is 0 Å². The van der Waals surface area contributed by atoms with E-state index in [1.807, 2.05) is 31.7 Å². The number of aryl methyl sites for hydroxylation is 1. The normalized spacial score (nSPS) is 10.5. The summed E-state index contributed by atoms with van der Waals surface area (Å²) >= 11 is 0. The number of hydrogen-bond acceptors (Lipinski definition) is 4. The third-order valence-corrected chi connectivity index (χ3v) is 2.23. The second-order valence-corrected chi connectivity index (χ2v) is 3.93. The molecule has 16 heavy (non-hydrogen) atoms. The summed E-state index contributed by atoms with van der Waals surface area (Å²) in [6.45, 7) is 6.30. The van der Waals surface area contributed by atoms with Crippen LogP contribution in [0.25, 0.3) is 0 Å². The zero-order valence-electron chi connectivity index (χ0n) is 9.84. The number of anilines is 1. The summed E-state index contributed by atoms with van der Waals surface area (Å²) in [7, 11) is 0. The Morgan fingerprint density at radius 2 is 2.25 bits per heavy atom. The molecule has 0 aliphatic heterocycles. The average Bonchev–Trinajstić information content (AvgIpc) is 2.17. The first-order valence-corrected chi connectivity index (χ1v) is 5.29. The standard InChI is InChI=1S/C11H17N3O2/c1-8(2)14(7-5-10(15)16)11-12-6-4-9(3)13-11/h4,6,8H,5,7H2,1-3H3,(H,15,16). The molecule has 0 spiro atoms. The lowest BCUT2D eigenvalue weighted by Gasteiger charge is -2.26. The molecule has 5 nitrogen and oxygen atoms in total. The molecule has 1 heterocycles. The van der Waals surface area contributed by atoms with Gasteiger partial charge in [0.25, 0.3) is 0 Å². The van der Waals surface area contributed by atoms with E-state index in [0.717, 1.165) is 5.69 Å². The second kappa shape index (κ2) is 5.44. The number of nitrogens with zero attached hydrogens (tertiary/aromatic N) is 3. The van der Waals surface area contributed by atoms with Crippen LogP contribution in [0.5, 0.6) is 0 Å². The lowest BCUT2D eigenvalue weighted by atomic mass is 10.3. The quantitative estimate of drug-likeness (QED) is 0.818. The van der Waals surface area contributed by atoms with Crippen molar-refractivity contribution in [3.8, 4) is 0 Å². The Morgan fingerprint density at radius 3 is 2.75 bits per heavy atom. The predicted molar refractivity (Wildman–Crippen MR) is 61.5 cm³/mol. The molecule has 0 atom stereocenters. The maximum atomic E-state index is 10.6. The molecule has 0 saturated heterocycles. The van der Waals surface area contributed by atoms with Crippen LogP contribution < -0.4 is 4.90 Å². The fraction of sp³-hybridized carbons (Fsp3) is 0.545. The fourth-order valence-corrected chi connectivity index (χ4v) is 1.38. The van der Waals surface area contributed by atoms with Gasteiger partial charge < -0.3 is 10.0 Å². The van der Waals surface area contributed by atoms with Gasteiger partial charge in [0, 0.05) is 24.5 Å². The number of carbonyl (C=O) groups is 1. The van der Waals surface area contributed by atoms with Crippen molar-refractivity contribution in [3.05, 3.63) is 18.0 Å². The number of carboxylic acid groups (broad SMARTS) is 1. The van der Waals surface area contributed by atoms with Crippen LogP contribution in [0.15, 0.2) is 12.3 Å². The molecule has 0 aromatic carbocycles. The summed E-state index contributed by atoms with van der Waals surface area (Å²) in [5, 5.41) is 8.68. The molecule has 0 amide bonds. The molecule has 1 aromatic heterocycles. The van der Waals surface area contributed by atoms with Crippen LogP contribution in [0.3, 0.4) is 0 Å². The largest absolute Gasteiger partial charge is 0.481 e. The Balaban J connectivity index is 2.81. The first kappa shape index (κ1) is 12.4. The van der Waals surface area contributed by atoms with Crippen LogP contribution >= 0.6 is 0 Å². The van der Waals surface area contributed by atoms with Crippen molar-refractivity contribution >= 4 is 11.9 Å². The Kier molecular flexibility index (Phi) is 4.22. The van der Waals surface area contributed by atoms with Gasteiger partial charge in [0.1, 0.15) is 0 Å². The monoisotopic (exact) mass is 223 g/mol. The van der Waals surface area contributed by atoms with Crippen molar-refractivity contribution in [2.24, 2.45) is 0 Å². The Hall–Kier alpha value is -1.65. The third-order valence-electron chi connectivity index (χ3n) is 2.23. The summed E-state index contributed by atoms with van der Waals surface area (Å²) < 4.78 is 0. The van der Waals surface area contributed by atoms with Gasteiger partial charge in [0.15, 0.2) is 0 Å². The molecule has 5 heteroatoms. The molecule has 0 bridgehead atoms. The van der Waals surface area contributed by atoms with Crippen molar-refractivity contribution in [3.63, 3.8) is 0 Å². The highest BCUT2D eigenvalue weighted by Gasteiger charge is 2.14. The maximum absolute atomic E-state index is 10.6. The first-order valence-electron chi connectivity index (χ1n) is 5.29. The van der Waals surface area contributed by atoms with E-state index in [9.17, 15) is 4.79 Å². The molecule has 88 valence electrons. The smallest absolute Gasteiger partial charge is 0.305 e. The van der Waals surface area contributed by atoms with Crippen LogP contribution in [0.2, 0.25) is 0 Å². The molecule has 0 aliphatic carbocycles. The molecule has 0 aliphatic rings. The van der Waals surface area contributed by atoms with Crippen LogP contribution in [-0.4, -0.2) is 33.6 Å². The summed E-state index contributed by atoms with van der Waals surface area (Å²) in [5.41, 5.74) is 0.881. The Labute approximate surface area is 95.1 Å². The Morgan fingerprint density at radius 1 is 1.56 bits per heavy atom. The second-order valence-electron chi connectivity index (χ2n) is 3.93. The number of rotatable bonds is 5. The van der Waals surface area contributed by atoms with Crippen molar-refractivity contribution in [2.45, 2.75) is 33.2 Å². The number of carboxylic acids is 1. The van der Waals surface area contributed by atoms with E-state index in [1.54, 1.807) is 6.20 Å².